The van der Waals surface area contributed by atoms with Gasteiger partial charge >= 0.3 is 0 Å². The molecule has 0 saturated carbocycles. The van der Waals surface area contributed by atoms with Crippen LogP contribution in [0, 0.1) is 11.7 Å². The van der Waals surface area contributed by atoms with Crippen molar-refractivity contribution < 1.29 is 14.0 Å². The van der Waals surface area contributed by atoms with Crippen LogP contribution in [0.5, 0.6) is 0 Å². The summed E-state index contributed by atoms with van der Waals surface area (Å²) in [5, 5.41) is 2.90. The fourth-order valence-corrected chi connectivity index (χ4v) is 3.51. The Balaban J connectivity index is 1.41. The van der Waals surface area contributed by atoms with Gasteiger partial charge < -0.3 is 20.0 Å². The number of benzene rings is 1. The van der Waals surface area contributed by atoms with Crippen LogP contribution in [0.4, 0.5) is 10.1 Å². The molecular formula is C19H27FN4O2. The maximum Gasteiger partial charge on any atom is 0.239 e. The number of anilines is 1. The summed E-state index contributed by atoms with van der Waals surface area (Å²) in [6.45, 7) is 6.35. The second-order valence-electron chi connectivity index (χ2n) is 7.10. The Bertz CT molecular complexity index is 629. The topological polar surface area (TPSA) is 55.9 Å². The molecule has 1 aromatic carbocycles. The highest BCUT2D eigenvalue weighted by Crippen LogP contribution is 2.25. The quantitative estimate of drug-likeness (QED) is 0.604. The van der Waals surface area contributed by atoms with Crippen molar-refractivity contribution in [3.05, 3.63) is 30.1 Å². The Morgan fingerprint density at radius 1 is 1.15 bits per heavy atom. The van der Waals surface area contributed by atoms with Crippen molar-refractivity contribution in [2.24, 2.45) is 5.92 Å². The summed E-state index contributed by atoms with van der Waals surface area (Å²) in [5.41, 5.74) is 0.641. The lowest BCUT2D eigenvalue weighted by atomic mass is 10.1. The van der Waals surface area contributed by atoms with Crippen molar-refractivity contribution in [3.8, 4) is 0 Å². The Morgan fingerprint density at radius 2 is 1.85 bits per heavy atom. The van der Waals surface area contributed by atoms with E-state index < -0.39 is 5.92 Å². The molecule has 0 bridgehead atoms. The zero-order chi connectivity index (χ0) is 18.5. The Hall–Kier alpha value is -1.99. The van der Waals surface area contributed by atoms with E-state index in [0.717, 1.165) is 39.1 Å². The van der Waals surface area contributed by atoms with Crippen LogP contribution in [0.25, 0.3) is 0 Å². The van der Waals surface area contributed by atoms with Gasteiger partial charge in [-0.15, -0.1) is 0 Å². The Labute approximate surface area is 153 Å². The van der Waals surface area contributed by atoms with Gasteiger partial charge in [0.15, 0.2) is 0 Å². The molecule has 2 amide bonds. The van der Waals surface area contributed by atoms with Gasteiger partial charge in [0.2, 0.25) is 11.8 Å². The van der Waals surface area contributed by atoms with E-state index in [1.165, 1.54) is 12.1 Å². The predicted molar refractivity (Wildman–Crippen MR) is 98.4 cm³/mol. The molecule has 2 saturated heterocycles. The number of carbonyl (C=O) groups is 2. The van der Waals surface area contributed by atoms with Crippen LogP contribution in [0.1, 0.15) is 12.8 Å². The van der Waals surface area contributed by atoms with Crippen molar-refractivity contribution in [1.29, 1.82) is 0 Å². The number of carbonyl (C=O) groups excluding carboxylic acids is 2. The summed E-state index contributed by atoms with van der Waals surface area (Å²) < 4.78 is 13.0. The van der Waals surface area contributed by atoms with Gasteiger partial charge in [0, 0.05) is 45.0 Å². The monoisotopic (exact) mass is 362 g/mol. The number of likely N-dealkylation sites (N-methyl/N-ethyl adjacent to an activating group) is 1. The molecule has 2 aliphatic rings. The molecule has 7 heteroatoms. The highest BCUT2D eigenvalue weighted by atomic mass is 19.1. The van der Waals surface area contributed by atoms with Gasteiger partial charge in [-0.25, -0.2) is 4.39 Å². The van der Waals surface area contributed by atoms with Crippen LogP contribution in [-0.2, 0) is 9.59 Å². The summed E-state index contributed by atoms with van der Waals surface area (Å²) in [7, 11) is 2.13. The molecule has 3 rings (SSSR count). The number of piperazine rings is 1. The van der Waals surface area contributed by atoms with Crippen molar-refractivity contribution >= 4 is 17.5 Å². The summed E-state index contributed by atoms with van der Waals surface area (Å²) in [5.74, 6) is -1.37. The number of hydrogen-bond donors (Lipinski definition) is 1. The van der Waals surface area contributed by atoms with E-state index >= 15 is 0 Å². The highest BCUT2D eigenvalue weighted by Gasteiger charge is 2.37. The van der Waals surface area contributed by atoms with Gasteiger partial charge in [0.05, 0.1) is 0 Å². The van der Waals surface area contributed by atoms with Gasteiger partial charge in [-0.3, -0.25) is 9.59 Å². The third-order valence-corrected chi connectivity index (χ3v) is 5.21. The van der Waals surface area contributed by atoms with E-state index in [4.69, 9.17) is 0 Å². The van der Waals surface area contributed by atoms with Crippen molar-refractivity contribution in [3.63, 3.8) is 0 Å². The van der Waals surface area contributed by atoms with Crippen LogP contribution < -0.4 is 10.2 Å². The molecule has 1 N–H and O–H groups in total. The molecule has 0 radical (unpaired) electrons. The molecule has 142 valence electrons. The standard InChI is InChI=1S/C19H27FN4O2/c1-22-11-13-23(14-12-22)9-2-8-21-18(25)17-7-10-24(19(17)26)16-5-3-15(20)4-6-16/h3-6,17H,2,7-14H2,1H3,(H,21,25)/t17-/m1/s1. The summed E-state index contributed by atoms with van der Waals surface area (Å²) in [6, 6.07) is 5.80. The molecule has 2 aliphatic heterocycles. The Kier molecular flexibility index (Phi) is 6.21. The maximum atomic E-state index is 13.0. The van der Waals surface area contributed by atoms with Gasteiger partial charge in [-0.2, -0.15) is 0 Å². The molecule has 2 fully saturated rings. The van der Waals surface area contributed by atoms with Crippen LogP contribution in [0.15, 0.2) is 24.3 Å². The van der Waals surface area contributed by atoms with Gasteiger partial charge in [0.25, 0.3) is 0 Å². The highest BCUT2D eigenvalue weighted by molar-refractivity contribution is 6.09. The smallest absolute Gasteiger partial charge is 0.239 e. The van der Waals surface area contributed by atoms with E-state index in [9.17, 15) is 14.0 Å². The number of rotatable bonds is 6. The van der Waals surface area contributed by atoms with E-state index in [1.807, 2.05) is 0 Å². The fourth-order valence-electron chi connectivity index (χ4n) is 3.51. The largest absolute Gasteiger partial charge is 0.355 e. The second-order valence-corrected chi connectivity index (χ2v) is 7.10. The molecule has 0 spiro atoms. The van der Waals surface area contributed by atoms with Crippen molar-refractivity contribution in [1.82, 2.24) is 15.1 Å². The van der Waals surface area contributed by atoms with Gasteiger partial charge in [-0.05, 0) is 50.7 Å². The number of amides is 2. The molecular weight excluding hydrogens is 335 g/mol. The van der Waals surface area contributed by atoms with Crippen molar-refractivity contribution in [2.45, 2.75) is 12.8 Å². The summed E-state index contributed by atoms with van der Waals surface area (Å²) in [4.78, 5) is 31.1. The summed E-state index contributed by atoms with van der Waals surface area (Å²) >= 11 is 0. The lowest BCUT2D eigenvalue weighted by Crippen LogP contribution is -2.45. The van der Waals surface area contributed by atoms with Crippen molar-refractivity contribution in [2.75, 3.05) is 57.8 Å². The van der Waals surface area contributed by atoms with Crippen LogP contribution in [0.3, 0.4) is 0 Å². The lowest BCUT2D eigenvalue weighted by molar-refractivity contribution is -0.132. The first-order valence-electron chi connectivity index (χ1n) is 9.30. The van der Waals surface area contributed by atoms with Crippen LogP contribution >= 0.6 is 0 Å². The Morgan fingerprint density at radius 3 is 2.54 bits per heavy atom. The molecule has 26 heavy (non-hydrogen) atoms. The first-order chi connectivity index (χ1) is 12.5. The average molecular weight is 362 g/mol. The number of nitrogens with zero attached hydrogens (tertiary/aromatic N) is 3. The molecule has 0 aliphatic carbocycles. The zero-order valence-corrected chi connectivity index (χ0v) is 15.3. The van der Waals surface area contributed by atoms with E-state index in [2.05, 4.69) is 22.2 Å². The third kappa shape index (κ3) is 4.59. The molecule has 2 heterocycles. The number of halogens is 1. The zero-order valence-electron chi connectivity index (χ0n) is 15.3. The SMILES string of the molecule is CN1CCN(CCCNC(=O)[C@H]2CCN(c3ccc(F)cc3)C2=O)CC1. The minimum atomic E-state index is -0.635. The van der Waals surface area contributed by atoms with E-state index in [-0.39, 0.29) is 17.6 Å². The third-order valence-electron chi connectivity index (χ3n) is 5.21. The second kappa shape index (κ2) is 8.60. The molecule has 1 atom stereocenters. The fraction of sp³-hybridized carbons (Fsp3) is 0.579. The number of nitrogens with one attached hydrogen (secondary N) is 1. The molecule has 0 aromatic heterocycles. The molecule has 6 nitrogen and oxygen atoms in total. The average Bonchev–Trinajstić information content (AvgIpc) is 3.02. The maximum absolute atomic E-state index is 13.0. The lowest BCUT2D eigenvalue weighted by Gasteiger charge is -2.32. The number of hydrogen-bond acceptors (Lipinski definition) is 4. The van der Waals surface area contributed by atoms with Gasteiger partial charge in [-0.1, -0.05) is 0 Å². The minimum absolute atomic E-state index is 0.196. The van der Waals surface area contributed by atoms with E-state index in [1.54, 1.807) is 17.0 Å². The summed E-state index contributed by atoms with van der Waals surface area (Å²) in [6.07, 6.45) is 1.39. The predicted octanol–water partition coefficient (Wildman–Crippen LogP) is 0.932. The van der Waals surface area contributed by atoms with Crippen LogP contribution in [0.2, 0.25) is 0 Å². The van der Waals surface area contributed by atoms with Gasteiger partial charge in [0.1, 0.15) is 11.7 Å². The van der Waals surface area contributed by atoms with Crippen LogP contribution in [-0.4, -0.2) is 74.5 Å². The molecule has 1 aromatic rings. The first kappa shape index (κ1) is 18.8. The normalized spacial score (nSPS) is 22.0. The molecule has 0 unspecified atom stereocenters. The first-order valence-corrected chi connectivity index (χ1v) is 9.30. The minimum Gasteiger partial charge on any atom is -0.355 e. The van der Waals surface area contributed by atoms with E-state index in [0.29, 0.717) is 25.2 Å².